The summed E-state index contributed by atoms with van der Waals surface area (Å²) in [5.41, 5.74) is 2.93. The zero-order chi connectivity index (χ0) is 14.5. The molecule has 0 aliphatic rings. The number of anilines is 1. The van der Waals surface area contributed by atoms with Gasteiger partial charge in [-0.25, -0.2) is 9.78 Å². The molecule has 0 atom stereocenters. The van der Waals surface area contributed by atoms with Crippen LogP contribution < -0.4 is 10.6 Å². The average molecular weight is 280 g/mol. The summed E-state index contributed by atoms with van der Waals surface area (Å²) in [6.45, 7) is 0.579. The van der Waals surface area contributed by atoms with Crippen LogP contribution in [0.25, 0.3) is 11.0 Å². The molecule has 0 saturated carbocycles. The summed E-state index contributed by atoms with van der Waals surface area (Å²) in [4.78, 5) is 19.1. The Bertz CT molecular complexity index is 703. The lowest BCUT2D eigenvalue weighted by molar-refractivity contribution is 0.252. The number of imidazole rings is 1. The first-order chi connectivity index (χ1) is 10.3. The highest BCUT2D eigenvalue weighted by Gasteiger charge is 2.05. The van der Waals surface area contributed by atoms with Gasteiger partial charge in [-0.1, -0.05) is 42.5 Å². The molecule has 3 rings (SSSR count). The van der Waals surface area contributed by atoms with Gasteiger partial charge >= 0.3 is 6.03 Å². The zero-order valence-corrected chi connectivity index (χ0v) is 11.5. The van der Waals surface area contributed by atoms with E-state index >= 15 is 0 Å². The van der Waals surface area contributed by atoms with E-state index < -0.39 is 0 Å². The maximum Gasteiger partial charge on any atom is 0.321 e. The molecule has 5 heteroatoms. The maximum atomic E-state index is 11.8. The van der Waals surface area contributed by atoms with E-state index in [-0.39, 0.29) is 6.03 Å². The summed E-state index contributed by atoms with van der Waals surface area (Å²) < 4.78 is 0. The smallest absolute Gasteiger partial charge is 0.321 e. The Hall–Kier alpha value is -2.82. The molecule has 0 fully saturated rings. The van der Waals surface area contributed by atoms with Gasteiger partial charge < -0.3 is 10.3 Å². The number of para-hydroxylation sites is 2. The molecular formula is C16H16N4O. The van der Waals surface area contributed by atoms with Crippen molar-refractivity contribution < 1.29 is 4.79 Å². The number of benzene rings is 2. The van der Waals surface area contributed by atoms with E-state index in [1.807, 2.05) is 54.6 Å². The minimum absolute atomic E-state index is 0.259. The molecule has 0 saturated heterocycles. The van der Waals surface area contributed by atoms with E-state index in [4.69, 9.17) is 0 Å². The molecule has 5 nitrogen and oxygen atoms in total. The van der Waals surface area contributed by atoms with Gasteiger partial charge in [0, 0.05) is 6.54 Å². The van der Waals surface area contributed by atoms with Crippen LogP contribution in [0.5, 0.6) is 0 Å². The van der Waals surface area contributed by atoms with Crippen molar-refractivity contribution in [3.63, 3.8) is 0 Å². The highest BCUT2D eigenvalue weighted by atomic mass is 16.2. The van der Waals surface area contributed by atoms with Crippen LogP contribution in [-0.4, -0.2) is 22.5 Å². The van der Waals surface area contributed by atoms with Gasteiger partial charge in [0.15, 0.2) is 0 Å². The van der Waals surface area contributed by atoms with E-state index in [1.165, 1.54) is 5.56 Å². The molecule has 0 unspecified atom stereocenters. The molecule has 3 N–H and O–H groups in total. The highest BCUT2D eigenvalue weighted by molar-refractivity contribution is 5.89. The molecule has 106 valence electrons. The van der Waals surface area contributed by atoms with Crippen LogP contribution in [0.2, 0.25) is 0 Å². The molecule has 1 aromatic heterocycles. The molecule has 0 aliphatic carbocycles. The number of aromatic nitrogens is 2. The number of hydrogen-bond acceptors (Lipinski definition) is 2. The Morgan fingerprint density at radius 3 is 2.62 bits per heavy atom. The van der Waals surface area contributed by atoms with Crippen molar-refractivity contribution >= 4 is 23.0 Å². The second-order valence-corrected chi connectivity index (χ2v) is 4.72. The molecule has 0 radical (unpaired) electrons. The first-order valence-corrected chi connectivity index (χ1v) is 6.85. The number of carbonyl (C=O) groups is 1. The summed E-state index contributed by atoms with van der Waals surface area (Å²) in [5, 5.41) is 5.51. The van der Waals surface area contributed by atoms with Crippen molar-refractivity contribution in [3.8, 4) is 0 Å². The van der Waals surface area contributed by atoms with Gasteiger partial charge in [-0.15, -0.1) is 0 Å². The fourth-order valence-electron chi connectivity index (χ4n) is 2.13. The average Bonchev–Trinajstić information content (AvgIpc) is 2.90. The normalized spacial score (nSPS) is 10.5. The van der Waals surface area contributed by atoms with E-state index in [0.717, 1.165) is 17.5 Å². The largest absolute Gasteiger partial charge is 0.337 e. The lowest BCUT2D eigenvalue weighted by Gasteiger charge is -2.05. The minimum atomic E-state index is -0.259. The van der Waals surface area contributed by atoms with Crippen LogP contribution in [0.1, 0.15) is 5.56 Å². The molecule has 0 spiro atoms. The topological polar surface area (TPSA) is 69.8 Å². The summed E-state index contributed by atoms with van der Waals surface area (Å²) in [7, 11) is 0. The first kappa shape index (κ1) is 13.2. The van der Waals surface area contributed by atoms with Crippen molar-refractivity contribution in [1.29, 1.82) is 0 Å². The molecular weight excluding hydrogens is 264 g/mol. The van der Waals surface area contributed by atoms with Gasteiger partial charge in [-0.05, 0) is 24.1 Å². The second kappa shape index (κ2) is 6.09. The van der Waals surface area contributed by atoms with Crippen LogP contribution in [0, 0.1) is 0 Å². The van der Waals surface area contributed by atoms with Gasteiger partial charge in [0.1, 0.15) is 0 Å². The molecule has 2 amide bonds. The lowest BCUT2D eigenvalue weighted by atomic mass is 10.1. The van der Waals surface area contributed by atoms with E-state index in [2.05, 4.69) is 20.6 Å². The molecule has 1 heterocycles. The number of urea groups is 1. The van der Waals surface area contributed by atoms with Crippen LogP contribution in [0.3, 0.4) is 0 Å². The van der Waals surface area contributed by atoms with Crippen molar-refractivity contribution in [3.05, 3.63) is 60.2 Å². The Balaban J connectivity index is 1.52. The van der Waals surface area contributed by atoms with Gasteiger partial charge in [0.05, 0.1) is 11.0 Å². The predicted molar refractivity (Wildman–Crippen MR) is 83.3 cm³/mol. The number of nitrogens with zero attached hydrogens (tertiary/aromatic N) is 1. The van der Waals surface area contributed by atoms with Crippen molar-refractivity contribution in [2.24, 2.45) is 0 Å². The SMILES string of the molecule is O=C(NCCc1ccccc1)Nc1nc2ccccc2[nH]1. The number of rotatable bonds is 4. The fraction of sp³-hybridized carbons (Fsp3) is 0.125. The summed E-state index contributed by atoms with van der Waals surface area (Å²) in [6, 6.07) is 17.4. The molecule has 2 aromatic carbocycles. The Labute approximate surface area is 122 Å². The molecule has 21 heavy (non-hydrogen) atoms. The van der Waals surface area contributed by atoms with E-state index in [1.54, 1.807) is 0 Å². The van der Waals surface area contributed by atoms with Crippen molar-refractivity contribution in [2.45, 2.75) is 6.42 Å². The highest BCUT2D eigenvalue weighted by Crippen LogP contribution is 2.12. The number of nitrogens with one attached hydrogen (secondary N) is 3. The fourth-order valence-corrected chi connectivity index (χ4v) is 2.13. The maximum absolute atomic E-state index is 11.8. The molecule has 0 bridgehead atoms. The van der Waals surface area contributed by atoms with E-state index in [9.17, 15) is 4.79 Å². The second-order valence-electron chi connectivity index (χ2n) is 4.72. The van der Waals surface area contributed by atoms with Crippen molar-refractivity contribution in [2.75, 3.05) is 11.9 Å². The third kappa shape index (κ3) is 3.39. The van der Waals surface area contributed by atoms with Crippen LogP contribution in [0.15, 0.2) is 54.6 Å². The first-order valence-electron chi connectivity index (χ1n) is 6.85. The number of aromatic amines is 1. The third-order valence-electron chi connectivity index (χ3n) is 3.16. The minimum Gasteiger partial charge on any atom is -0.337 e. The third-order valence-corrected chi connectivity index (χ3v) is 3.16. The number of H-pyrrole nitrogens is 1. The van der Waals surface area contributed by atoms with Gasteiger partial charge in [-0.3, -0.25) is 5.32 Å². The predicted octanol–water partition coefficient (Wildman–Crippen LogP) is 2.93. The zero-order valence-electron chi connectivity index (χ0n) is 11.5. The summed E-state index contributed by atoms with van der Waals surface area (Å²) in [5.74, 6) is 0.452. The van der Waals surface area contributed by atoms with Crippen LogP contribution >= 0.6 is 0 Å². The summed E-state index contributed by atoms with van der Waals surface area (Å²) in [6.07, 6.45) is 0.800. The number of fused-ring (bicyclic) bond motifs is 1. The van der Waals surface area contributed by atoms with Gasteiger partial charge in [0.25, 0.3) is 0 Å². The lowest BCUT2D eigenvalue weighted by Crippen LogP contribution is -2.30. The number of carbonyl (C=O) groups excluding carboxylic acids is 1. The monoisotopic (exact) mass is 280 g/mol. The Morgan fingerprint density at radius 2 is 1.81 bits per heavy atom. The van der Waals surface area contributed by atoms with Gasteiger partial charge in [-0.2, -0.15) is 0 Å². The van der Waals surface area contributed by atoms with Crippen molar-refractivity contribution in [1.82, 2.24) is 15.3 Å². The molecule has 0 aliphatic heterocycles. The van der Waals surface area contributed by atoms with E-state index in [0.29, 0.717) is 12.5 Å². The Morgan fingerprint density at radius 1 is 1.05 bits per heavy atom. The van der Waals surface area contributed by atoms with Crippen LogP contribution in [0.4, 0.5) is 10.7 Å². The molecule has 3 aromatic rings. The standard InChI is InChI=1S/C16H16N4O/c21-16(17-11-10-12-6-2-1-3-7-12)20-15-18-13-8-4-5-9-14(13)19-15/h1-9H,10-11H2,(H3,17,18,19,20,21). The quantitative estimate of drug-likeness (QED) is 0.687. The van der Waals surface area contributed by atoms with Crippen LogP contribution in [-0.2, 0) is 6.42 Å². The summed E-state index contributed by atoms with van der Waals surface area (Å²) >= 11 is 0. The number of amides is 2. The van der Waals surface area contributed by atoms with Gasteiger partial charge in [0.2, 0.25) is 5.95 Å². The Kier molecular flexibility index (Phi) is 3.82. The number of hydrogen-bond donors (Lipinski definition) is 3.